The van der Waals surface area contributed by atoms with E-state index >= 15 is 0 Å². The second-order valence-corrected chi connectivity index (χ2v) is 9.06. The Labute approximate surface area is 197 Å². The number of fused-ring (bicyclic) bond motifs is 3. The van der Waals surface area contributed by atoms with E-state index < -0.39 is 0 Å². The molecule has 2 nitrogen and oxygen atoms in total. The molecule has 1 unspecified atom stereocenters. The van der Waals surface area contributed by atoms with Crippen molar-refractivity contribution in [3.05, 3.63) is 114 Å². The van der Waals surface area contributed by atoms with Crippen LogP contribution in [0.25, 0.3) is 10.8 Å². The monoisotopic (exact) mass is 434 g/mol. The van der Waals surface area contributed by atoms with Gasteiger partial charge in [-0.15, -0.1) is 0 Å². The standard InChI is InChI=1S/C31H32NO/c1-5-32-28-22-21-25-17-13-14-19-27(25)30(28)31(3,4)29(32)20-12-7-6-11-18-26(23(2)33)24-15-9-8-10-16-24/h6-22,26H,5H2,1-4H3/q+1/b7-6+,18-11+,20-12+. The van der Waals surface area contributed by atoms with Gasteiger partial charge in [0, 0.05) is 17.7 Å². The first-order valence-electron chi connectivity index (χ1n) is 11.7. The molecular weight excluding hydrogens is 402 g/mol. The Morgan fingerprint density at radius 1 is 0.909 bits per heavy atom. The molecule has 1 atom stereocenters. The Bertz CT molecular complexity index is 1290. The van der Waals surface area contributed by atoms with Crippen LogP contribution >= 0.6 is 0 Å². The van der Waals surface area contributed by atoms with Crippen LogP contribution in [0.15, 0.2) is 103 Å². The highest BCUT2D eigenvalue weighted by atomic mass is 16.1. The number of carbonyl (C=O) groups is 1. The van der Waals surface area contributed by atoms with E-state index in [-0.39, 0.29) is 17.1 Å². The van der Waals surface area contributed by atoms with Gasteiger partial charge in [0.15, 0.2) is 5.71 Å². The van der Waals surface area contributed by atoms with Gasteiger partial charge in [0.25, 0.3) is 0 Å². The fourth-order valence-corrected chi connectivity index (χ4v) is 4.97. The van der Waals surface area contributed by atoms with Crippen LogP contribution in [0.1, 0.15) is 44.7 Å². The largest absolute Gasteiger partial charge is 0.299 e. The van der Waals surface area contributed by atoms with E-state index in [0.29, 0.717) is 0 Å². The SMILES string of the molecule is CC[N+]1=C(/C=C/C=C/C=C/C(C(C)=O)c2ccccc2)C(C)(C)c2c1ccc1ccccc21. The molecule has 0 saturated heterocycles. The highest BCUT2D eigenvalue weighted by molar-refractivity contribution is 6.07. The topological polar surface area (TPSA) is 20.1 Å². The molecule has 2 heteroatoms. The molecule has 0 amide bonds. The summed E-state index contributed by atoms with van der Waals surface area (Å²) in [7, 11) is 0. The number of ketones is 1. The maximum Gasteiger partial charge on any atom is 0.210 e. The van der Waals surface area contributed by atoms with Crippen molar-refractivity contribution in [2.24, 2.45) is 0 Å². The number of nitrogens with zero attached hydrogens (tertiary/aromatic N) is 1. The molecule has 0 fully saturated rings. The van der Waals surface area contributed by atoms with Gasteiger partial charge < -0.3 is 0 Å². The van der Waals surface area contributed by atoms with Crippen molar-refractivity contribution in [2.45, 2.75) is 39.0 Å². The first-order valence-corrected chi connectivity index (χ1v) is 11.7. The van der Waals surface area contributed by atoms with Crippen molar-refractivity contribution in [1.29, 1.82) is 0 Å². The van der Waals surface area contributed by atoms with E-state index in [2.05, 4.69) is 73.9 Å². The van der Waals surface area contributed by atoms with Crippen LogP contribution in [-0.4, -0.2) is 22.6 Å². The van der Waals surface area contributed by atoms with Crippen LogP contribution in [0.3, 0.4) is 0 Å². The highest BCUT2D eigenvalue weighted by Crippen LogP contribution is 2.44. The summed E-state index contributed by atoms with van der Waals surface area (Å²) in [5.74, 6) is -0.0606. The minimum absolute atomic E-state index is 0.0839. The predicted molar refractivity (Wildman–Crippen MR) is 140 cm³/mol. The molecule has 0 N–H and O–H groups in total. The van der Waals surface area contributed by atoms with Crippen LogP contribution < -0.4 is 0 Å². The molecule has 166 valence electrons. The zero-order valence-corrected chi connectivity index (χ0v) is 20.0. The van der Waals surface area contributed by atoms with Gasteiger partial charge >= 0.3 is 0 Å². The van der Waals surface area contributed by atoms with E-state index in [0.717, 1.165) is 12.1 Å². The summed E-state index contributed by atoms with van der Waals surface area (Å²) in [6.45, 7) is 9.40. The normalized spacial score (nSPS) is 16.4. The van der Waals surface area contributed by atoms with Gasteiger partial charge in [-0.3, -0.25) is 4.79 Å². The minimum atomic E-state index is -0.207. The van der Waals surface area contributed by atoms with Crippen molar-refractivity contribution in [2.75, 3.05) is 6.54 Å². The van der Waals surface area contributed by atoms with E-state index in [4.69, 9.17) is 0 Å². The van der Waals surface area contributed by atoms with Crippen LogP contribution in [-0.2, 0) is 10.2 Å². The Kier molecular flexibility index (Phi) is 6.55. The molecule has 0 saturated carbocycles. The lowest BCUT2D eigenvalue weighted by Gasteiger charge is -2.17. The van der Waals surface area contributed by atoms with Crippen LogP contribution in [0.2, 0.25) is 0 Å². The fraction of sp³-hybridized carbons (Fsp3) is 0.226. The number of benzene rings is 3. The summed E-state index contributed by atoms with van der Waals surface area (Å²) in [6.07, 6.45) is 12.3. The summed E-state index contributed by atoms with van der Waals surface area (Å²) in [4.78, 5) is 12.1. The van der Waals surface area contributed by atoms with E-state index in [1.165, 1.54) is 27.7 Å². The second-order valence-electron chi connectivity index (χ2n) is 9.06. The molecule has 0 radical (unpaired) electrons. The summed E-state index contributed by atoms with van der Waals surface area (Å²) in [5.41, 5.74) is 4.95. The molecule has 3 aromatic rings. The van der Waals surface area contributed by atoms with Gasteiger partial charge in [-0.2, -0.15) is 4.58 Å². The minimum Gasteiger partial charge on any atom is -0.299 e. The number of allylic oxidation sites excluding steroid dienone is 6. The molecule has 1 aliphatic heterocycles. The molecule has 4 rings (SSSR count). The average molecular weight is 435 g/mol. The van der Waals surface area contributed by atoms with Crippen LogP contribution in [0, 0.1) is 0 Å². The Morgan fingerprint density at radius 2 is 1.61 bits per heavy atom. The molecule has 1 aliphatic rings. The molecule has 0 aromatic heterocycles. The smallest absolute Gasteiger partial charge is 0.210 e. The molecule has 1 heterocycles. The zero-order valence-electron chi connectivity index (χ0n) is 20.0. The molecule has 3 aromatic carbocycles. The predicted octanol–water partition coefficient (Wildman–Crippen LogP) is 7.28. The maximum atomic E-state index is 12.1. The Hall–Kier alpha value is -3.52. The van der Waals surface area contributed by atoms with E-state index in [9.17, 15) is 4.79 Å². The van der Waals surface area contributed by atoms with Crippen molar-refractivity contribution in [3.8, 4) is 0 Å². The van der Waals surface area contributed by atoms with Crippen molar-refractivity contribution >= 4 is 28.0 Å². The van der Waals surface area contributed by atoms with Gasteiger partial charge in [0.05, 0.1) is 11.3 Å². The lowest BCUT2D eigenvalue weighted by Crippen LogP contribution is -2.27. The van der Waals surface area contributed by atoms with Crippen molar-refractivity contribution in [3.63, 3.8) is 0 Å². The molecule has 0 spiro atoms. The second kappa shape index (κ2) is 9.54. The third kappa shape index (κ3) is 4.39. The van der Waals surface area contributed by atoms with Gasteiger partial charge in [-0.25, -0.2) is 0 Å². The van der Waals surface area contributed by atoms with E-state index in [1.807, 2.05) is 54.6 Å². The lowest BCUT2D eigenvalue weighted by molar-refractivity contribution is -0.433. The molecule has 0 aliphatic carbocycles. The quantitative estimate of drug-likeness (QED) is 0.283. The third-order valence-electron chi connectivity index (χ3n) is 6.56. The lowest BCUT2D eigenvalue weighted by atomic mass is 9.79. The number of hydrogen-bond acceptors (Lipinski definition) is 1. The number of rotatable bonds is 7. The van der Waals surface area contributed by atoms with Gasteiger partial charge in [0.2, 0.25) is 5.69 Å². The zero-order chi connectivity index (χ0) is 23.4. The van der Waals surface area contributed by atoms with Gasteiger partial charge in [-0.05, 0) is 50.1 Å². The number of Topliss-reactive ketones (excluding diaryl/α,β-unsaturated/α-hetero) is 1. The third-order valence-corrected chi connectivity index (χ3v) is 6.56. The first kappa shape index (κ1) is 22.7. The molecule has 0 bridgehead atoms. The summed E-state index contributed by atoms with van der Waals surface area (Å²) in [6, 6.07) is 23.0. The van der Waals surface area contributed by atoms with Crippen LogP contribution in [0.5, 0.6) is 0 Å². The average Bonchev–Trinajstić information content (AvgIpc) is 3.04. The summed E-state index contributed by atoms with van der Waals surface area (Å²) >= 11 is 0. The number of hydrogen-bond donors (Lipinski definition) is 0. The highest BCUT2D eigenvalue weighted by Gasteiger charge is 2.44. The summed E-state index contributed by atoms with van der Waals surface area (Å²) in [5, 5.41) is 2.62. The maximum absolute atomic E-state index is 12.1. The molecular formula is C31H32NO+. The molecule has 33 heavy (non-hydrogen) atoms. The van der Waals surface area contributed by atoms with Crippen LogP contribution in [0.4, 0.5) is 5.69 Å². The van der Waals surface area contributed by atoms with Gasteiger partial charge in [0.1, 0.15) is 12.3 Å². The number of carbonyl (C=O) groups excluding carboxylic acids is 1. The Morgan fingerprint density at radius 3 is 2.33 bits per heavy atom. The fourth-order valence-electron chi connectivity index (χ4n) is 4.97. The van der Waals surface area contributed by atoms with E-state index in [1.54, 1.807) is 6.92 Å². The van der Waals surface area contributed by atoms with Gasteiger partial charge in [-0.1, -0.05) is 85.0 Å². The first-order chi connectivity index (χ1) is 15.9. The summed E-state index contributed by atoms with van der Waals surface area (Å²) < 4.78 is 2.42. The Balaban J connectivity index is 1.57. The van der Waals surface area contributed by atoms with Crippen molar-refractivity contribution in [1.82, 2.24) is 0 Å². The van der Waals surface area contributed by atoms with Crippen molar-refractivity contribution < 1.29 is 9.37 Å².